The Hall–Kier alpha value is -2.35. The average molecular weight is 323 g/mol. The third-order valence-electron chi connectivity index (χ3n) is 3.22. The van der Waals surface area contributed by atoms with Gasteiger partial charge >= 0.3 is 0 Å². The van der Waals surface area contributed by atoms with Crippen molar-refractivity contribution in [2.45, 2.75) is 19.4 Å². The van der Waals surface area contributed by atoms with Gasteiger partial charge in [-0.2, -0.15) is 0 Å². The standard InChI is InChI=1S/C14H11F2N3O2S/c15-9-2-1-3-10(16)13(9)18-14-17-8(7-22-14)6-19-11(20)4-5-12(19)21/h1-3,7H,4-6H2,(H,17,18). The van der Waals surface area contributed by atoms with Crippen molar-refractivity contribution >= 4 is 34.0 Å². The number of aromatic nitrogens is 1. The number of rotatable bonds is 4. The van der Waals surface area contributed by atoms with Crippen LogP contribution in [0.3, 0.4) is 0 Å². The first-order valence-electron chi connectivity index (χ1n) is 6.53. The average Bonchev–Trinajstić information content (AvgIpc) is 3.05. The molecule has 8 heteroatoms. The molecule has 1 saturated heterocycles. The predicted molar refractivity (Wildman–Crippen MR) is 76.5 cm³/mol. The molecule has 114 valence electrons. The molecule has 1 N–H and O–H groups in total. The highest BCUT2D eigenvalue weighted by atomic mass is 32.1. The maximum Gasteiger partial charge on any atom is 0.230 e. The fourth-order valence-corrected chi connectivity index (χ4v) is 2.83. The molecule has 0 unspecified atom stereocenters. The topological polar surface area (TPSA) is 62.3 Å². The van der Waals surface area contributed by atoms with Gasteiger partial charge in [-0.15, -0.1) is 11.3 Å². The van der Waals surface area contributed by atoms with Crippen LogP contribution in [0.1, 0.15) is 18.5 Å². The molecule has 1 aromatic heterocycles. The summed E-state index contributed by atoms with van der Waals surface area (Å²) in [5.41, 5.74) is 0.213. The number of hydrogen-bond acceptors (Lipinski definition) is 5. The van der Waals surface area contributed by atoms with Crippen LogP contribution in [0, 0.1) is 11.6 Å². The van der Waals surface area contributed by atoms with E-state index in [4.69, 9.17) is 0 Å². The van der Waals surface area contributed by atoms with Crippen molar-refractivity contribution in [2.24, 2.45) is 0 Å². The first-order chi connectivity index (χ1) is 10.5. The Morgan fingerprint density at radius 1 is 1.18 bits per heavy atom. The number of para-hydroxylation sites is 1. The van der Waals surface area contributed by atoms with Gasteiger partial charge in [0, 0.05) is 18.2 Å². The van der Waals surface area contributed by atoms with E-state index >= 15 is 0 Å². The summed E-state index contributed by atoms with van der Waals surface area (Å²) >= 11 is 1.14. The lowest BCUT2D eigenvalue weighted by atomic mass is 10.3. The van der Waals surface area contributed by atoms with E-state index in [-0.39, 0.29) is 42.0 Å². The molecule has 1 fully saturated rings. The predicted octanol–water partition coefficient (Wildman–Crippen LogP) is 2.81. The number of imide groups is 1. The second-order valence-electron chi connectivity index (χ2n) is 4.74. The van der Waals surface area contributed by atoms with E-state index in [1.807, 2.05) is 0 Å². The van der Waals surface area contributed by atoms with Crippen molar-refractivity contribution in [1.29, 1.82) is 0 Å². The van der Waals surface area contributed by atoms with Gasteiger partial charge in [0.1, 0.15) is 17.3 Å². The molecular formula is C14H11F2N3O2S. The summed E-state index contributed by atoms with van der Waals surface area (Å²) in [5, 5.41) is 4.51. The fourth-order valence-electron chi connectivity index (χ4n) is 2.12. The molecule has 22 heavy (non-hydrogen) atoms. The Morgan fingerprint density at radius 2 is 1.82 bits per heavy atom. The molecule has 1 aromatic carbocycles. The normalized spacial score (nSPS) is 14.7. The molecule has 5 nitrogen and oxygen atoms in total. The number of halogens is 2. The lowest BCUT2D eigenvalue weighted by Crippen LogP contribution is -2.28. The monoisotopic (exact) mass is 323 g/mol. The third kappa shape index (κ3) is 2.82. The van der Waals surface area contributed by atoms with E-state index < -0.39 is 11.6 Å². The number of carbonyl (C=O) groups is 2. The van der Waals surface area contributed by atoms with Crippen molar-refractivity contribution in [3.63, 3.8) is 0 Å². The smallest absolute Gasteiger partial charge is 0.230 e. The highest BCUT2D eigenvalue weighted by Gasteiger charge is 2.29. The second-order valence-corrected chi connectivity index (χ2v) is 5.60. The zero-order chi connectivity index (χ0) is 15.7. The molecule has 1 aliphatic heterocycles. The van der Waals surface area contributed by atoms with Gasteiger partial charge in [0.2, 0.25) is 11.8 Å². The maximum absolute atomic E-state index is 13.5. The first-order valence-corrected chi connectivity index (χ1v) is 7.41. The molecule has 0 spiro atoms. The number of nitrogens with one attached hydrogen (secondary N) is 1. The van der Waals surface area contributed by atoms with Crippen LogP contribution >= 0.6 is 11.3 Å². The van der Waals surface area contributed by atoms with Gasteiger partial charge in [-0.1, -0.05) is 6.07 Å². The number of nitrogens with zero attached hydrogens (tertiary/aromatic N) is 2. The van der Waals surface area contributed by atoms with Gasteiger partial charge in [-0.25, -0.2) is 13.8 Å². The minimum Gasteiger partial charge on any atom is -0.327 e. The Bertz CT molecular complexity index is 711. The largest absolute Gasteiger partial charge is 0.327 e. The van der Waals surface area contributed by atoms with Crippen molar-refractivity contribution in [2.75, 3.05) is 5.32 Å². The quantitative estimate of drug-likeness (QED) is 0.879. The zero-order valence-electron chi connectivity index (χ0n) is 11.3. The van der Waals surface area contributed by atoms with E-state index in [1.54, 1.807) is 5.38 Å². The SMILES string of the molecule is O=C1CCC(=O)N1Cc1csc(Nc2c(F)cccc2F)n1. The molecule has 0 atom stereocenters. The lowest BCUT2D eigenvalue weighted by Gasteiger charge is -2.11. The summed E-state index contributed by atoms with van der Waals surface area (Å²) in [6.07, 6.45) is 0.434. The van der Waals surface area contributed by atoms with Gasteiger partial charge in [0.25, 0.3) is 0 Å². The Labute approximate surface area is 128 Å². The number of thiazole rings is 1. The molecule has 0 bridgehead atoms. The van der Waals surface area contributed by atoms with Crippen molar-refractivity contribution in [3.8, 4) is 0 Å². The number of anilines is 2. The van der Waals surface area contributed by atoms with Crippen LogP contribution in [0.5, 0.6) is 0 Å². The molecule has 0 radical (unpaired) electrons. The van der Waals surface area contributed by atoms with E-state index in [2.05, 4.69) is 10.3 Å². The summed E-state index contributed by atoms with van der Waals surface area (Å²) in [4.78, 5) is 28.4. The van der Waals surface area contributed by atoms with E-state index in [9.17, 15) is 18.4 Å². The van der Waals surface area contributed by atoms with Gasteiger partial charge < -0.3 is 5.32 Å². The number of likely N-dealkylation sites (tertiary alicyclic amines) is 1. The van der Waals surface area contributed by atoms with Crippen LogP contribution in [0.15, 0.2) is 23.6 Å². The molecule has 0 aliphatic carbocycles. The van der Waals surface area contributed by atoms with Crippen LogP contribution in [0.2, 0.25) is 0 Å². The molecule has 1 aliphatic rings. The third-order valence-corrected chi connectivity index (χ3v) is 4.03. The second kappa shape index (κ2) is 5.80. The van der Waals surface area contributed by atoms with Crippen LogP contribution in [0.4, 0.5) is 19.6 Å². The molecule has 0 saturated carbocycles. The van der Waals surface area contributed by atoms with Crippen molar-refractivity contribution in [1.82, 2.24) is 9.88 Å². The first kappa shape index (κ1) is 14.6. The summed E-state index contributed by atoms with van der Waals surface area (Å²) in [5.74, 6) is -1.90. The minimum atomic E-state index is -0.721. The van der Waals surface area contributed by atoms with Crippen LogP contribution in [0.25, 0.3) is 0 Å². The number of amides is 2. The summed E-state index contributed by atoms with van der Waals surface area (Å²) < 4.78 is 27.1. The number of benzene rings is 1. The van der Waals surface area contributed by atoms with E-state index in [0.717, 1.165) is 28.4 Å². The van der Waals surface area contributed by atoms with Crippen LogP contribution in [-0.4, -0.2) is 21.7 Å². The Balaban J connectivity index is 1.74. The summed E-state index contributed by atoms with van der Waals surface area (Å²) in [6, 6.07) is 3.55. The van der Waals surface area contributed by atoms with Crippen molar-refractivity contribution in [3.05, 3.63) is 40.9 Å². The van der Waals surface area contributed by atoms with Gasteiger partial charge in [-0.3, -0.25) is 14.5 Å². The molecule has 3 rings (SSSR count). The van der Waals surface area contributed by atoms with Gasteiger partial charge in [0.05, 0.1) is 12.2 Å². The minimum absolute atomic E-state index is 0.0790. The molecule has 2 amide bonds. The summed E-state index contributed by atoms with van der Waals surface area (Å²) in [7, 11) is 0. The number of carbonyl (C=O) groups excluding carboxylic acids is 2. The highest BCUT2D eigenvalue weighted by Crippen LogP contribution is 2.26. The molecular weight excluding hydrogens is 312 g/mol. The summed E-state index contributed by atoms with van der Waals surface area (Å²) in [6.45, 7) is 0.0790. The molecule has 2 aromatic rings. The van der Waals surface area contributed by atoms with E-state index in [0.29, 0.717) is 5.69 Å². The Morgan fingerprint density at radius 3 is 2.45 bits per heavy atom. The van der Waals surface area contributed by atoms with Gasteiger partial charge in [0.15, 0.2) is 5.13 Å². The molecule has 2 heterocycles. The maximum atomic E-state index is 13.5. The number of hydrogen-bond donors (Lipinski definition) is 1. The highest BCUT2D eigenvalue weighted by molar-refractivity contribution is 7.13. The van der Waals surface area contributed by atoms with E-state index in [1.165, 1.54) is 6.07 Å². The fraction of sp³-hybridized carbons (Fsp3) is 0.214. The van der Waals surface area contributed by atoms with Gasteiger partial charge in [-0.05, 0) is 12.1 Å². The Kier molecular flexibility index (Phi) is 3.84. The van der Waals surface area contributed by atoms with Crippen LogP contribution < -0.4 is 5.32 Å². The van der Waals surface area contributed by atoms with Crippen LogP contribution in [-0.2, 0) is 16.1 Å². The van der Waals surface area contributed by atoms with Crippen molar-refractivity contribution < 1.29 is 18.4 Å². The lowest BCUT2D eigenvalue weighted by molar-refractivity contribution is -0.139. The zero-order valence-corrected chi connectivity index (χ0v) is 12.1.